The number of carbonyl (C=O) groups is 1. The smallest absolute Gasteiger partial charge is 0.302 e. The van der Waals surface area contributed by atoms with E-state index in [0.717, 1.165) is 11.0 Å². The third-order valence-electron chi connectivity index (χ3n) is 2.80. The van der Waals surface area contributed by atoms with Crippen LogP contribution in [-0.2, 0) is 11.3 Å². The first kappa shape index (κ1) is 13.6. The fourth-order valence-electron chi connectivity index (χ4n) is 1.79. The highest BCUT2D eigenvalue weighted by Gasteiger charge is 2.13. The van der Waals surface area contributed by atoms with Gasteiger partial charge in [0.1, 0.15) is 0 Å². The molecule has 0 unspecified atom stereocenters. The highest BCUT2D eigenvalue weighted by atomic mass is 32.2. The topological polar surface area (TPSA) is 87.7 Å². The maximum absolute atomic E-state index is 11.8. The quantitative estimate of drug-likeness (QED) is 0.552. The first-order valence-corrected chi connectivity index (χ1v) is 7.47. The number of para-hydroxylation sites is 2. The fraction of sp³-hybridized carbons (Fsp3) is 0.231. The molecule has 0 aliphatic rings. The third-order valence-corrected chi connectivity index (χ3v) is 3.68. The molecule has 1 aromatic carbocycles. The maximum atomic E-state index is 11.8. The van der Waals surface area contributed by atoms with Gasteiger partial charge >= 0.3 is 5.88 Å². The van der Waals surface area contributed by atoms with Crippen LogP contribution in [0.1, 0.15) is 6.92 Å². The van der Waals surface area contributed by atoms with Crippen molar-refractivity contribution in [1.82, 2.24) is 15.2 Å². The molecule has 2 N–H and O–H groups in total. The van der Waals surface area contributed by atoms with Gasteiger partial charge in [0, 0.05) is 0 Å². The number of rotatable bonds is 5. The molecule has 108 valence electrons. The lowest BCUT2D eigenvalue weighted by Gasteiger charge is -1.97. The number of thioether (sulfide) groups is 1. The number of hydrogen-bond acceptors (Lipinski definition) is 5. The molecule has 0 saturated heterocycles. The Bertz CT molecular complexity index is 734. The molecule has 21 heavy (non-hydrogen) atoms. The van der Waals surface area contributed by atoms with Gasteiger partial charge in [0.05, 0.1) is 16.8 Å². The van der Waals surface area contributed by atoms with Crippen LogP contribution in [0, 0.1) is 0 Å². The van der Waals surface area contributed by atoms with Gasteiger partial charge in [-0.15, -0.1) is 0 Å². The molecule has 0 radical (unpaired) electrons. The van der Waals surface area contributed by atoms with Crippen LogP contribution in [0.4, 0.5) is 5.88 Å². The summed E-state index contributed by atoms with van der Waals surface area (Å²) in [5.41, 5.74) is 1.85. The van der Waals surface area contributed by atoms with Crippen molar-refractivity contribution in [1.29, 1.82) is 0 Å². The zero-order valence-corrected chi connectivity index (χ0v) is 12.2. The Morgan fingerprint density at radius 3 is 3.10 bits per heavy atom. The molecule has 7 nitrogen and oxygen atoms in total. The van der Waals surface area contributed by atoms with Gasteiger partial charge in [0.25, 0.3) is 6.20 Å². The monoisotopic (exact) mass is 304 g/mol. The first-order chi connectivity index (χ1) is 10.2. The molecule has 0 fully saturated rings. The van der Waals surface area contributed by atoms with E-state index in [1.165, 1.54) is 11.8 Å². The van der Waals surface area contributed by atoms with Crippen molar-refractivity contribution in [2.45, 2.75) is 18.6 Å². The molecular weight excluding hydrogens is 290 g/mol. The number of carbonyl (C=O) groups excluding carboxylic acids is 1. The van der Waals surface area contributed by atoms with Crippen LogP contribution in [0.5, 0.6) is 0 Å². The Balaban J connectivity index is 1.57. The minimum Gasteiger partial charge on any atom is -0.333 e. The number of imidazole rings is 1. The van der Waals surface area contributed by atoms with Crippen LogP contribution in [0.2, 0.25) is 0 Å². The Kier molecular flexibility index (Phi) is 3.87. The summed E-state index contributed by atoms with van der Waals surface area (Å²) >= 11 is 1.34. The third kappa shape index (κ3) is 3.22. The van der Waals surface area contributed by atoms with Gasteiger partial charge < -0.3 is 4.98 Å². The molecule has 3 aromatic rings. The molecule has 0 saturated carbocycles. The zero-order valence-electron chi connectivity index (χ0n) is 11.4. The van der Waals surface area contributed by atoms with Crippen LogP contribution in [-0.4, -0.2) is 26.9 Å². The lowest BCUT2D eigenvalue weighted by atomic mass is 10.3. The molecule has 0 atom stereocenters. The number of nitrogens with zero attached hydrogens (tertiary/aromatic N) is 3. The Hall–Kier alpha value is -2.35. The second-order valence-corrected chi connectivity index (χ2v) is 5.28. The van der Waals surface area contributed by atoms with Gasteiger partial charge in [-0.2, -0.15) is 0 Å². The average Bonchev–Trinajstić information content (AvgIpc) is 3.10. The number of fused-ring (bicyclic) bond motifs is 1. The minimum absolute atomic E-state index is 0.167. The summed E-state index contributed by atoms with van der Waals surface area (Å²) in [5, 5.41) is 7.10. The van der Waals surface area contributed by atoms with Gasteiger partial charge in [-0.3, -0.25) is 14.6 Å². The number of nitrogens with one attached hydrogen (secondary N) is 2. The number of aromatic nitrogens is 4. The van der Waals surface area contributed by atoms with Crippen molar-refractivity contribution in [2.75, 3.05) is 11.1 Å². The standard InChI is InChI=1S/C13H13N5O2S/c1-2-18-7-12(20-17-18)16-11(19)8-21-13-14-9-5-3-4-6-10(9)15-13/h3-7H,2,8H2,1H3,(H-,14,15,16,17,19)/p+1. The Labute approximate surface area is 124 Å². The summed E-state index contributed by atoms with van der Waals surface area (Å²) in [7, 11) is 0. The maximum Gasteiger partial charge on any atom is 0.302 e. The predicted molar refractivity (Wildman–Crippen MR) is 77.8 cm³/mol. The fourth-order valence-corrected chi connectivity index (χ4v) is 2.47. The summed E-state index contributed by atoms with van der Waals surface area (Å²) in [6.07, 6.45) is 1.64. The van der Waals surface area contributed by atoms with Gasteiger partial charge in [-0.1, -0.05) is 28.6 Å². The molecule has 0 spiro atoms. The molecule has 0 aliphatic heterocycles. The van der Waals surface area contributed by atoms with Crippen molar-refractivity contribution in [3.8, 4) is 0 Å². The Morgan fingerprint density at radius 2 is 2.33 bits per heavy atom. The second-order valence-electron chi connectivity index (χ2n) is 4.32. The van der Waals surface area contributed by atoms with Crippen molar-refractivity contribution in [2.24, 2.45) is 0 Å². The SMILES string of the molecule is CC[n+]1cc(NC(=O)CSc2nc3ccccc3[nH]2)on1. The van der Waals surface area contributed by atoms with E-state index < -0.39 is 0 Å². The number of aryl methyl sites for hydroxylation is 1. The first-order valence-electron chi connectivity index (χ1n) is 6.48. The van der Waals surface area contributed by atoms with Crippen molar-refractivity contribution < 1.29 is 14.0 Å². The molecule has 0 aliphatic carbocycles. The van der Waals surface area contributed by atoms with Gasteiger partial charge in [0.15, 0.2) is 11.7 Å². The van der Waals surface area contributed by atoms with E-state index in [4.69, 9.17) is 4.52 Å². The predicted octanol–water partition coefficient (Wildman–Crippen LogP) is 1.59. The number of amides is 1. The molecule has 1 amide bonds. The number of hydrogen-bond donors (Lipinski definition) is 2. The van der Waals surface area contributed by atoms with Crippen LogP contribution in [0.15, 0.2) is 40.1 Å². The summed E-state index contributed by atoms with van der Waals surface area (Å²) in [4.78, 5) is 19.4. The molecular formula is C13H14N5O2S+. The van der Waals surface area contributed by atoms with Crippen LogP contribution in [0.3, 0.4) is 0 Å². The van der Waals surface area contributed by atoms with E-state index in [2.05, 4.69) is 20.6 Å². The molecule has 8 heteroatoms. The lowest BCUT2D eigenvalue weighted by Crippen LogP contribution is -2.32. The summed E-state index contributed by atoms with van der Waals surface area (Å²) in [5.74, 6) is 0.416. The number of H-pyrrole nitrogens is 1. The van der Waals surface area contributed by atoms with Crippen molar-refractivity contribution >= 4 is 34.6 Å². The van der Waals surface area contributed by atoms with Crippen molar-refractivity contribution in [3.63, 3.8) is 0 Å². The lowest BCUT2D eigenvalue weighted by molar-refractivity contribution is -0.759. The van der Waals surface area contributed by atoms with E-state index >= 15 is 0 Å². The highest BCUT2D eigenvalue weighted by Crippen LogP contribution is 2.19. The van der Waals surface area contributed by atoms with E-state index in [0.29, 0.717) is 17.6 Å². The van der Waals surface area contributed by atoms with Crippen molar-refractivity contribution in [3.05, 3.63) is 30.5 Å². The molecule has 2 heterocycles. The summed E-state index contributed by atoms with van der Waals surface area (Å²) in [6.45, 7) is 2.62. The minimum atomic E-state index is -0.167. The van der Waals surface area contributed by atoms with Gasteiger partial charge in [0.2, 0.25) is 11.2 Å². The van der Waals surface area contributed by atoms with Gasteiger partial charge in [-0.25, -0.2) is 4.98 Å². The van der Waals surface area contributed by atoms with Crippen LogP contribution < -0.4 is 10.00 Å². The van der Waals surface area contributed by atoms with Gasteiger partial charge in [-0.05, 0) is 19.1 Å². The zero-order chi connectivity index (χ0) is 14.7. The van der Waals surface area contributed by atoms with Crippen LogP contribution >= 0.6 is 11.8 Å². The van der Waals surface area contributed by atoms with E-state index in [-0.39, 0.29) is 11.7 Å². The Morgan fingerprint density at radius 1 is 1.48 bits per heavy atom. The molecule has 0 bridgehead atoms. The number of benzene rings is 1. The number of anilines is 1. The largest absolute Gasteiger partial charge is 0.333 e. The van der Waals surface area contributed by atoms with E-state index in [1.54, 1.807) is 10.9 Å². The summed E-state index contributed by atoms with van der Waals surface area (Å²) < 4.78 is 6.57. The van der Waals surface area contributed by atoms with E-state index in [1.807, 2.05) is 31.2 Å². The molecule has 2 aromatic heterocycles. The second kappa shape index (κ2) is 5.96. The average molecular weight is 304 g/mol. The molecule has 3 rings (SSSR count). The van der Waals surface area contributed by atoms with E-state index in [9.17, 15) is 4.79 Å². The van der Waals surface area contributed by atoms with Crippen LogP contribution in [0.25, 0.3) is 11.0 Å². The summed E-state index contributed by atoms with van der Waals surface area (Å²) in [6, 6.07) is 7.74. The number of aromatic amines is 1. The highest BCUT2D eigenvalue weighted by molar-refractivity contribution is 7.99. The normalized spacial score (nSPS) is 10.9.